The molecule has 0 aliphatic rings. The van der Waals surface area contributed by atoms with E-state index in [-0.39, 0.29) is 5.78 Å². The Morgan fingerprint density at radius 2 is 1.90 bits per heavy atom. The fraction of sp³-hybridized carbons (Fsp3) is 0.312. The van der Waals surface area contributed by atoms with Crippen molar-refractivity contribution < 1.29 is 4.79 Å². The molecule has 106 valence electrons. The molecule has 0 fully saturated rings. The third-order valence-electron chi connectivity index (χ3n) is 3.54. The topological polar surface area (TPSA) is 22.0 Å². The van der Waals surface area contributed by atoms with Crippen LogP contribution in [0.4, 0.5) is 0 Å². The number of aromatic nitrogens is 1. The summed E-state index contributed by atoms with van der Waals surface area (Å²) in [6, 6.07) is 7.66. The minimum Gasteiger partial charge on any atom is -0.317 e. The maximum absolute atomic E-state index is 12.1. The lowest BCUT2D eigenvalue weighted by atomic mass is 10.1. The first-order chi connectivity index (χ1) is 9.34. The van der Waals surface area contributed by atoms with E-state index in [4.69, 9.17) is 23.2 Å². The Labute approximate surface area is 129 Å². The van der Waals surface area contributed by atoms with Gasteiger partial charge in [0.1, 0.15) is 0 Å². The number of Topliss-reactive ketones (excluding diaryl/α,β-unsaturated/α-hetero) is 1. The second kappa shape index (κ2) is 5.63. The van der Waals surface area contributed by atoms with Crippen molar-refractivity contribution in [3.05, 3.63) is 51.8 Å². The van der Waals surface area contributed by atoms with E-state index in [1.807, 2.05) is 49.6 Å². The molecule has 0 spiro atoms. The van der Waals surface area contributed by atoms with Crippen LogP contribution in [0.1, 0.15) is 34.2 Å². The number of alkyl halides is 1. The lowest BCUT2D eigenvalue weighted by molar-refractivity contribution is 0.0991. The lowest BCUT2D eigenvalue weighted by Gasteiger charge is -2.14. The summed E-state index contributed by atoms with van der Waals surface area (Å²) in [7, 11) is 0. The predicted octanol–water partition coefficient (Wildman–Crippen LogP) is 4.87. The van der Waals surface area contributed by atoms with E-state index in [0.29, 0.717) is 10.6 Å². The maximum atomic E-state index is 12.1. The molecule has 4 heteroatoms. The van der Waals surface area contributed by atoms with Gasteiger partial charge in [-0.15, -0.1) is 11.6 Å². The Morgan fingerprint density at radius 3 is 2.50 bits per heavy atom. The number of carbonyl (C=O) groups excluding carboxylic acids is 1. The Hall–Kier alpha value is -1.25. The Balaban J connectivity index is 2.65. The monoisotopic (exact) mass is 309 g/mol. The first-order valence-electron chi connectivity index (χ1n) is 6.47. The summed E-state index contributed by atoms with van der Waals surface area (Å²) in [6.07, 6.45) is 0. The van der Waals surface area contributed by atoms with Gasteiger partial charge in [-0.3, -0.25) is 4.79 Å². The molecule has 2 rings (SSSR count). The second-order valence-corrected chi connectivity index (χ2v) is 6.05. The summed E-state index contributed by atoms with van der Waals surface area (Å²) in [5, 5.41) is 0.193. The van der Waals surface area contributed by atoms with Gasteiger partial charge in [-0.2, -0.15) is 0 Å². The summed E-state index contributed by atoms with van der Waals surface area (Å²) in [5.41, 5.74) is 4.55. The average molecular weight is 310 g/mol. The van der Waals surface area contributed by atoms with Gasteiger partial charge in [-0.25, -0.2) is 0 Å². The maximum Gasteiger partial charge on any atom is 0.182 e. The quantitative estimate of drug-likeness (QED) is 0.586. The molecule has 0 bridgehead atoms. The van der Waals surface area contributed by atoms with Crippen LogP contribution in [0, 0.1) is 20.8 Å². The fourth-order valence-electron chi connectivity index (χ4n) is 2.44. The second-order valence-electron chi connectivity index (χ2n) is 4.98. The molecule has 1 heterocycles. The molecule has 0 aliphatic heterocycles. The van der Waals surface area contributed by atoms with E-state index in [9.17, 15) is 4.79 Å². The molecule has 1 aromatic heterocycles. The number of carbonyl (C=O) groups is 1. The van der Waals surface area contributed by atoms with Crippen LogP contribution in [0.3, 0.4) is 0 Å². The highest BCUT2D eigenvalue weighted by molar-refractivity contribution is 6.33. The minimum absolute atomic E-state index is 0.0503. The standard InChI is InChI=1S/C16H17Cl2NO/c1-9-8-13(16(20)11(3)17)12(4)19(9)15-7-5-6-14(18)10(15)2/h5-8,11H,1-4H3. The average Bonchev–Trinajstić information content (AvgIpc) is 2.68. The van der Waals surface area contributed by atoms with Gasteiger partial charge >= 0.3 is 0 Å². The third-order valence-corrected chi connectivity index (χ3v) is 4.15. The largest absolute Gasteiger partial charge is 0.317 e. The highest BCUT2D eigenvalue weighted by Gasteiger charge is 2.20. The molecule has 1 aromatic carbocycles. The Morgan fingerprint density at radius 1 is 1.25 bits per heavy atom. The molecule has 2 aromatic rings. The molecule has 2 nitrogen and oxygen atoms in total. The van der Waals surface area contributed by atoms with Crippen molar-refractivity contribution in [2.45, 2.75) is 33.1 Å². The van der Waals surface area contributed by atoms with Gasteiger partial charge in [-0.05, 0) is 51.5 Å². The molecular weight excluding hydrogens is 293 g/mol. The molecule has 1 unspecified atom stereocenters. The summed E-state index contributed by atoms with van der Waals surface area (Å²) in [5.74, 6) is -0.0503. The molecule has 0 aliphatic carbocycles. The van der Waals surface area contributed by atoms with Crippen molar-refractivity contribution in [2.75, 3.05) is 0 Å². The highest BCUT2D eigenvalue weighted by Crippen LogP contribution is 2.28. The third kappa shape index (κ3) is 2.50. The van der Waals surface area contributed by atoms with Crippen LogP contribution in [0.2, 0.25) is 5.02 Å². The number of aryl methyl sites for hydroxylation is 1. The highest BCUT2D eigenvalue weighted by atomic mass is 35.5. The van der Waals surface area contributed by atoms with Gasteiger partial charge in [0.2, 0.25) is 0 Å². The SMILES string of the molecule is Cc1c(Cl)cccc1-n1c(C)cc(C(=O)C(C)Cl)c1C. The van der Waals surface area contributed by atoms with Crippen LogP contribution in [0.25, 0.3) is 5.69 Å². The number of hydrogen-bond acceptors (Lipinski definition) is 1. The molecule has 20 heavy (non-hydrogen) atoms. The zero-order valence-corrected chi connectivity index (χ0v) is 13.5. The Kier molecular flexibility index (Phi) is 4.26. The van der Waals surface area contributed by atoms with E-state index in [1.54, 1.807) is 6.92 Å². The van der Waals surface area contributed by atoms with Crippen molar-refractivity contribution in [1.29, 1.82) is 0 Å². The van der Waals surface area contributed by atoms with Crippen molar-refractivity contribution in [1.82, 2.24) is 4.57 Å². The molecule has 0 saturated carbocycles. The molecule has 0 amide bonds. The van der Waals surface area contributed by atoms with Crippen LogP contribution in [-0.2, 0) is 0 Å². The van der Waals surface area contributed by atoms with Gasteiger partial charge < -0.3 is 4.57 Å². The summed E-state index contributed by atoms with van der Waals surface area (Å²) < 4.78 is 2.05. The van der Waals surface area contributed by atoms with Crippen molar-refractivity contribution in [2.24, 2.45) is 0 Å². The van der Waals surface area contributed by atoms with E-state index in [0.717, 1.165) is 22.6 Å². The van der Waals surface area contributed by atoms with Gasteiger partial charge in [0.15, 0.2) is 5.78 Å². The summed E-state index contributed by atoms with van der Waals surface area (Å²) in [6.45, 7) is 7.58. The fourth-order valence-corrected chi connectivity index (χ4v) is 2.72. The lowest BCUT2D eigenvalue weighted by Crippen LogP contribution is -2.12. The van der Waals surface area contributed by atoms with E-state index < -0.39 is 5.38 Å². The smallest absolute Gasteiger partial charge is 0.182 e. The van der Waals surface area contributed by atoms with Crippen molar-refractivity contribution in [3.63, 3.8) is 0 Å². The molecular formula is C16H17Cl2NO. The van der Waals surface area contributed by atoms with E-state index >= 15 is 0 Å². The molecule has 0 radical (unpaired) electrons. The number of ketones is 1. The zero-order chi connectivity index (χ0) is 15.0. The van der Waals surface area contributed by atoms with Gasteiger partial charge in [0.05, 0.1) is 5.38 Å². The number of hydrogen-bond donors (Lipinski definition) is 0. The first kappa shape index (κ1) is 15.1. The number of benzene rings is 1. The van der Waals surface area contributed by atoms with Gasteiger partial charge in [-0.1, -0.05) is 17.7 Å². The summed E-state index contributed by atoms with van der Waals surface area (Å²) in [4.78, 5) is 12.1. The number of halogens is 2. The van der Waals surface area contributed by atoms with E-state index in [2.05, 4.69) is 0 Å². The zero-order valence-electron chi connectivity index (χ0n) is 12.0. The number of nitrogens with zero attached hydrogens (tertiary/aromatic N) is 1. The van der Waals surface area contributed by atoms with Crippen molar-refractivity contribution in [3.8, 4) is 5.69 Å². The number of rotatable bonds is 3. The minimum atomic E-state index is -0.524. The van der Waals surface area contributed by atoms with Crippen LogP contribution < -0.4 is 0 Å². The predicted molar refractivity (Wildman–Crippen MR) is 84.6 cm³/mol. The molecule has 0 N–H and O–H groups in total. The first-order valence-corrected chi connectivity index (χ1v) is 7.28. The molecule has 1 atom stereocenters. The van der Waals surface area contributed by atoms with Crippen LogP contribution in [-0.4, -0.2) is 15.7 Å². The molecule has 0 saturated heterocycles. The van der Waals surface area contributed by atoms with Crippen molar-refractivity contribution >= 4 is 29.0 Å². The summed E-state index contributed by atoms with van der Waals surface area (Å²) >= 11 is 12.1. The van der Waals surface area contributed by atoms with Gasteiger partial charge in [0, 0.05) is 27.7 Å². The van der Waals surface area contributed by atoms with Crippen LogP contribution in [0.5, 0.6) is 0 Å². The normalized spacial score (nSPS) is 12.5. The van der Waals surface area contributed by atoms with Gasteiger partial charge in [0.25, 0.3) is 0 Å². The van der Waals surface area contributed by atoms with Crippen LogP contribution in [0.15, 0.2) is 24.3 Å². The van der Waals surface area contributed by atoms with E-state index in [1.165, 1.54) is 0 Å². The van der Waals surface area contributed by atoms with Crippen LogP contribution >= 0.6 is 23.2 Å². The Bertz CT molecular complexity index is 671.